The minimum atomic E-state index is 0.0184. The standard InChI is InChI=1S/C12H14I2N2O3/c1-8-4-16(2-3-19-8)11(17)7-15-5-9(13)12(18)10(14)6-15/h5-6,8H,2-4,7H2,1H3. The van der Waals surface area contributed by atoms with Gasteiger partial charge in [-0.2, -0.15) is 0 Å². The Bertz CT molecular complexity index is 518. The van der Waals surface area contributed by atoms with Gasteiger partial charge >= 0.3 is 0 Å². The molecule has 104 valence electrons. The van der Waals surface area contributed by atoms with Gasteiger partial charge in [-0.1, -0.05) is 0 Å². The Morgan fingerprint density at radius 2 is 2.05 bits per heavy atom. The predicted octanol–water partition coefficient (Wildman–Crippen LogP) is 1.30. The normalized spacial score (nSPS) is 19.5. The number of ether oxygens (including phenoxy) is 1. The summed E-state index contributed by atoms with van der Waals surface area (Å²) in [5, 5.41) is 0. The number of carbonyl (C=O) groups is 1. The molecule has 1 aliphatic rings. The van der Waals surface area contributed by atoms with Crippen LogP contribution in [0.25, 0.3) is 0 Å². The van der Waals surface area contributed by atoms with E-state index in [0.29, 0.717) is 26.8 Å². The summed E-state index contributed by atoms with van der Waals surface area (Å²) in [7, 11) is 0. The average Bonchev–Trinajstić information content (AvgIpc) is 2.36. The van der Waals surface area contributed by atoms with Crippen molar-refractivity contribution in [2.75, 3.05) is 19.7 Å². The van der Waals surface area contributed by atoms with E-state index in [0.717, 1.165) is 0 Å². The lowest BCUT2D eigenvalue weighted by Gasteiger charge is -2.31. The molecule has 1 amide bonds. The van der Waals surface area contributed by atoms with E-state index in [-0.39, 0.29) is 24.0 Å². The first-order chi connectivity index (χ1) is 8.97. The molecule has 0 saturated carbocycles. The van der Waals surface area contributed by atoms with Crippen LogP contribution in [0, 0.1) is 7.14 Å². The van der Waals surface area contributed by atoms with Gasteiger partial charge in [0.2, 0.25) is 11.3 Å². The minimum absolute atomic E-state index is 0.0184. The van der Waals surface area contributed by atoms with E-state index in [9.17, 15) is 9.59 Å². The number of pyridine rings is 1. The van der Waals surface area contributed by atoms with Gasteiger partial charge in [0.15, 0.2) is 0 Å². The van der Waals surface area contributed by atoms with Crippen LogP contribution in [0.3, 0.4) is 0 Å². The maximum Gasteiger partial charge on any atom is 0.242 e. The third-order valence-corrected chi connectivity index (χ3v) is 4.44. The Kier molecular flexibility index (Phi) is 5.23. The smallest absolute Gasteiger partial charge is 0.242 e. The van der Waals surface area contributed by atoms with E-state index in [1.165, 1.54) is 0 Å². The molecule has 5 nitrogen and oxygen atoms in total. The summed E-state index contributed by atoms with van der Waals surface area (Å²) in [5.74, 6) is 0.0606. The van der Waals surface area contributed by atoms with E-state index >= 15 is 0 Å². The number of aromatic nitrogens is 1. The van der Waals surface area contributed by atoms with Crippen molar-refractivity contribution in [2.24, 2.45) is 0 Å². The minimum Gasteiger partial charge on any atom is -0.375 e. The fourth-order valence-corrected chi connectivity index (χ4v) is 3.76. The third kappa shape index (κ3) is 3.91. The molecule has 1 aliphatic heterocycles. The molecule has 0 spiro atoms. The molecular weight excluding hydrogens is 474 g/mol. The summed E-state index contributed by atoms with van der Waals surface area (Å²) in [6, 6.07) is 0. The van der Waals surface area contributed by atoms with Crippen molar-refractivity contribution in [3.63, 3.8) is 0 Å². The molecule has 1 saturated heterocycles. The fraction of sp³-hybridized carbons (Fsp3) is 0.500. The zero-order chi connectivity index (χ0) is 14.0. The van der Waals surface area contributed by atoms with Crippen LogP contribution in [-0.2, 0) is 16.1 Å². The maximum atomic E-state index is 12.2. The number of halogens is 2. The molecular formula is C12H14I2N2O3. The van der Waals surface area contributed by atoms with Crippen LogP contribution in [-0.4, -0.2) is 41.2 Å². The second kappa shape index (κ2) is 6.53. The number of carbonyl (C=O) groups excluding carboxylic acids is 1. The lowest BCUT2D eigenvalue weighted by Crippen LogP contribution is -2.45. The number of hydrogen-bond acceptors (Lipinski definition) is 3. The van der Waals surface area contributed by atoms with Crippen molar-refractivity contribution in [3.8, 4) is 0 Å². The Labute approximate surface area is 138 Å². The summed E-state index contributed by atoms with van der Waals surface area (Å²) in [6.07, 6.45) is 3.52. The number of rotatable bonds is 2. The van der Waals surface area contributed by atoms with Gasteiger partial charge in [-0.05, 0) is 52.1 Å². The molecule has 1 unspecified atom stereocenters. The van der Waals surface area contributed by atoms with Crippen LogP contribution in [0.5, 0.6) is 0 Å². The van der Waals surface area contributed by atoms with Crippen LogP contribution in [0.1, 0.15) is 6.92 Å². The SMILES string of the molecule is CC1CN(C(=O)Cn2cc(I)c(=O)c(I)c2)CCO1. The highest BCUT2D eigenvalue weighted by molar-refractivity contribution is 14.1. The monoisotopic (exact) mass is 488 g/mol. The summed E-state index contributed by atoms with van der Waals surface area (Å²) < 4.78 is 8.45. The first-order valence-electron chi connectivity index (χ1n) is 5.92. The van der Waals surface area contributed by atoms with Gasteiger partial charge in [0.25, 0.3) is 0 Å². The summed E-state index contributed by atoms with van der Waals surface area (Å²) in [4.78, 5) is 25.6. The van der Waals surface area contributed by atoms with E-state index in [1.807, 2.05) is 57.0 Å². The molecule has 2 heterocycles. The molecule has 7 heteroatoms. The summed E-state index contributed by atoms with van der Waals surface area (Å²) >= 11 is 3.99. The molecule has 0 radical (unpaired) electrons. The number of amides is 1. The lowest BCUT2D eigenvalue weighted by molar-refractivity contribution is -0.138. The quantitative estimate of drug-likeness (QED) is 0.591. The van der Waals surface area contributed by atoms with E-state index in [4.69, 9.17) is 4.74 Å². The van der Waals surface area contributed by atoms with E-state index in [2.05, 4.69) is 0 Å². The Balaban J connectivity index is 2.08. The van der Waals surface area contributed by atoms with Crippen molar-refractivity contribution in [1.82, 2.24) is 9.47 Å². The van der Waals surface area contributed by atoms with Crippen molar-refractivity contribution in [3.05, 3.63) is 29.8 Å². The van der Waals surface area contributed by atoms with Crippen LogP contribution in [0.15, 0.2) is 17.2 Å². The van der Waals surface area contributed by atoms with Gasteiger partial charge in [-0.25, -0.2) is 0 Å². The predicted molar refractivity (Wildman–Crippen MR) is 88.1 cm³/mol. The average molecular weight is 488 g/mol. The lowest BCUT2D eigenvalue weighted by atomic mass is 10.3. The number of morpholine rings is 1. The fourth-order valence-electron chi connectivity index (χ4n) is 1.95. The van der Waals surface area contributed by atoms with Gasteiger partial charge in [0.05, 0.1) is 19.9 Å². The van der Waals surface area contributed by atoms with Crippen LogP contribution in [0.4, 0.5) is 0 Å². The highest BCUT2D eigenvalue weighted by Gasteiger charge is 2.21. The first kappa shape index (κ1) is 15.2. The Morgan fingerprint density at radius 1 is 1.42 bits per heavy atom. The second-order valence-electron chi connectivity index (χ2n) is 4.48. The van der Waals surface area contributed by atoms with Crippen molar-refractivity contribution in [2.45, 2.75) is 19.6 Å². The van der Waals surface area contributed by atoms with E-state index in [1.54, 1.807) is 17.0 Å². The largest absolute Gasteiger partial charge is 0.375 e. The zero-order valence-electron chi connectivity index (χ0n) is 10.4. The molecule has 1 aromatic heterocycles. The first-order valence-corrected chi connectivity index (χ1v) is 8.07. The Morgan fingerprint density at radius 3 is 2.63 bits per heavy atom. The molecule has 0 bridgehead atoms. The molecule has 1 aromatic rings. The molecule has 19 heavy (non-hydrogen) atoms. The highest BCUT2D eigenvalue weighted by Crippen LogP contribution is 2.08. The molecule has 0 aromatic carbocycles. The van der Waals surface area contributed by atoms with Gasteiger partial charge < -0.3 is 14.2 Å². The Hall–Kier alpha value is -0.160. The zero-order valence-corrected chi connectivity index (χ0v) is 14.8. The topological polar surface area (TPSA) is 51.5 Å². The van der Waals surface area contributed by atoms with Crippen molar-refractivity contribution in [1.29, 1.82) is 0 Å². The second-order valence-corrected chi connectivity index (χ2v) is 6.80. The van der Waals surface area contributed by atoms with Gasteiger partial charge in [-0.15, -0.1) is 0 Å². The molecule has 1 fully saturated rings. The van der Waals surface area contributed by atoms with Crippen LogP contribution in [0.2, 0.25) is 0 Å². The molecule has 1 atom stereocenters. The summed E-state index contributed by atoms with van der Waals surface area (Å²) in [5.41, 5.74) is 0.0184. The van der Waals surface area contributed by atoms with Crippen LogP contribution >= 0.6 is 45.2 Å². The van der Waals surface area contributed by atoms with Crippen LogP contribution < -0.4 is 5.43 Å². The molecule has 0 aliphatic carbocycles. The highest BCUT2D eigenvalue weighted by atomic mass is 127. The molecule has 2 rings (SSSR count). The van der Waals surface area contributed by atoms with Gasteiger partial charge in [0, 0.05) is 25.5 Å². The maximum absolute atomic E-state index is 12.2. The molecule has 0 N–H and O–H groups in total. The van der Waals surface area contributed by atoms with Crippen molar-refractivity contribution >= 4 is 51.1 Å². The number of nitrogens with zero attached hydrogens (tertiary/aromatic N) is 2. The van der Waals surface area contributed by atoms with E-state index < -0.39 is 0 Å². The van der Waals surface area contributed by atoms with Gasteiger partial charge in [-0.3, -0.25) is 9.59 Å². The van der Waals surface area contributed by atoms with Gasteiger partial charge in [0.1, 0.15) is 6.54 Å². The van der Waals surface area contributed by atoms with Crippen molar-refractivity contribution < 1.29 is 9.53 Å². The summed E-state index contributed by atoms with van der Waals surface area (Å²) in [6.45, 7) is 4.08. The number of hydrogen-bond donors (Lipinski definition) is 0. The third-order valence-electron chi connectivity index (χ3n) is 2.90.